The summed E-state index contributed by atoms with van der Waals surface area (Å²) >= 11 is 0. The fourth-order valence-electron chi connectivity index (χ4n) is 2.31. The van der Waals surface area contributed by atoms with E-state index in [1.165, 1.54) is 25.7 Å². The Morgan fingerprint density at radius 2 is 1.75 bits per heavy atom. The second-order valence-corrected chi connectivity index (χ2v) is 5.32. The Bertz CT molecular complexity index is 218. The number of hydrogen-bond acceptors (Lipinski definition) is 2. The SMILES string of the molecule is CCNC(C)(C)C(=O)NC1CCCCCC1. The second-order valence-electron chi connectivity index (χ2n) is 5.32. The summed E-state index contributed by atoms with van der Waals surface area (Å²) in [7, 11) is 0. The molecule has 16 heavy (non-hydrogen) atoms. The van der Waals surface area contributed by atoms with Gasteiger partial charge in [-0.1, -0.05) is 32.6 Å². The molecule has 0 aromatic rings. The molecule has 2 N–H and O–H groups in total. The predicted molar refractivity (Wildman–Crippen MR) is 67.4 cm³/mol. The van der Waals surface area contributed by atoms with Gasteiger partial charge >= 0.3 is 0 Å². The zero-order valence-electron chi connectivity index (χ0n) is 10.9. The molecular formula is C13H26N2O. The summed E-state index contributed by atoms with van der Waals surface area (Å²) in [6.45, 7) is 6.75. The maximum atomic E-state index is 12.1. The lowest BCUT2D eigenvalue weighted by molar-refractivity contribution is -0.127. The first-order valence-electron chi connectivity index (χ1n) is 6.62. The van der Waals surface area contributed by atoms with E-state index in [4.69, 9.17) is 0 Å². The highest BCUT2D eigenvalue weighted by atomic mass is 16.2. The molecule has 0 radical (unpaired) electrons. The van der Waals surface area contributed by atoms with Crippen LogP contribution in [-0.4, -0.2) is 24.0 Å². The first kappa shape index (κ1) is 13.5. The van der Waals surface area contributed by atoms with Crippen LogP contribution in [0.1, 0.15) is 59.3 Å². The lowest BCUT2D eigenvalue weighted by atomic mass is 10.0. The van der Waals surface area contributed by atoms with Gasteiger partial charge in [0.15, 0.2) is 0 Å². The summed E-state index contributed by atoms with van der Waals surface area (Å²) in [5.74, 6) is 0.140. The quantitative estimate of drug-likeness (QED) is 0.722. The van der Waals surface area contributed by atoms with Gasteiger partial charge in [-0.3, -0.25) is 4.79 Å². The van der Waals surface area contributed by atoms with E-state index in [2.05, 4.69) is 10.6 Å². The predicted octanol–water partition coefficient (Wildman–Crippen LogP) is 2.21. The first-order chi connectivity index (χ1) is 7.56. The molecule has 1 aliphatic rings. The van der Waals surface area contributed by atoms with Crippen LogP contribution in [0, 0.1) is 0 Å². The molecule has 94 valence electrons. The van der Waals surface area contributed by atoms with Gasteiger partial charge in [0.05, 0.1) is 5.54 Å². The second kappa shape index (κ2) is 6.24. The van der Waals surface area contributed by atoms with Crippen molar-refractivity contribution in [1.29, 1.82) is 0 Å². The van der Waals surface area contributed by atoms with E-state index in [1.54, 1.807) is 0 Å². The molecular weight excluding hydrogens is 200 g/mol. The van der Waals surface area contributed by atoms with Gasteiger partial charge in [-0.05, 0) is 33.2 Å². The van der Waals surface area contributed by atoms with E-state index in [-0.39, 0.29) is 5.91 Å². The normalized spacial score (nSPS) is 19.2. The van der Waals surface area contributed by atoms with E-state index in [0.717, 1.165) is 19.4 Å². The Balaban J connectivity index is 2.42. The Morgan fingerprint density at radius 1 is 1.19 bits per heavy atom. The molecule has 1 aliphatic carbocycles. The van der Waals surface area contributed by atoms with E-state index >= 15 is 0 Å². The Hall–Kier alpha value is -0.570. The van der Waals surface area contributed by atoms with Crippen molar-refractivity contribution in [2.24, 2.45) is 0 Å². The molecule has 0 spiro atoms. The number of likely N-dealkylation sites (N-methyl/N-ethyl adjacent to an activating group) is 1. The van der Waals surface area contributed by atoms with E-state index in [9.17, 15) is 4.79 Å². The molecule has 0 saturated heterocycles. The van der Waals surface area contributed by atoms with E-state index < -0.39 is 5.54 Å². The number of carbonyl (C=O) groups is 1. The minimum absolute atomic E-state index is 0.140. The lowest BCUT2D eigenvalue weighted by Gasteiger charge is -2.27. The third kappa shape index (κ3) is 4.12. The molecule has 0 aliphatic heterocycles. The van der Waals surface area contributed by atoms with Crippen LogP contribution >= 0.6 is 0 Å². The lowest BCUT2D eigenvalue weighted by Crippen LogP contribution is -2.54. The fraction of sp³-hybridized carbons (Fsp3) is 0.923. The molecule has 3 heteroatoms. The largest absolute Gasteiger partial charge is 0.352 e. The maximum absolute atomic E-state index is 12.1. The van der Waals surface area contributed by atoms with Crippen molar-refractivity contribution in [3.63, 3.8) is 0 Å². The average Bonchev–Trinajstić information content (AvgIpc) is 2.46. The number of amides is 1. The summed E-state index contributed by atoms with van der Waals surface area (Å²) in [5.41, 5.74) is -0.443. The van der Waals surface area contributed by atoms with Crippen LogP contribution in [0.15, 0.2) is 0 Å². The van der Waals surface area contributed by atoms with Gasteiger partial charge in [-0.15, -0.1) is 0 Å². The highest BCUT2D eigenvalue weighted by molar-refractivity contribution is 5.85. The van der Waals surface area contributed by atoms with Crippen LogP contribution in [-0.2, 0) is 4.79 Å². The maximum Gasteiger partial charge on any atom is 0.239 e. The molecule has 0 unspecified atom stereocenters. The van der Waals surface area contributed by atoms with Gasteiger partial charge in [-0.25, -0.2) is 0 Å². The van der Waals surface area contributed by atoms with Crippen LogP contribution in [0.5, 0.6) is 0 Å². The summed E-state index contributed by atoms with van der Waals surface area (Å²) in [4.78, 5) is 12.1. The van der Waals surface area contributed by atoms with Crippen LogP contribution in [0.2, 0.25) is 0 Å². The molecule has 0 bridgehead atoms. The molecule has 1 saturated carbocycles. The zero-order valence-corrected chi connectivity index (χ0v) is 10.9. The average molecular weight is 226 g/mol. The van der Waals surface area contributed by atoms with Gasteiger partial charge in [0.1, 0.15) is 0 Å². The number of carbonyl (C=O) groups excluding carboxylic acids is 1. The first-order valence-corrected chi connectivity index (χ1v) is 6.62. The highest BCUT2D eigenvalue weighted by Gasteiger charge is 2.28. The minimum atomic E-state index is -0.443. The van der Waals surface area contributed by atoms with Gasteiger partial charge in [0.2, 0.25) is 5.91 Å². The number of nitrogens with one attached hydrogen (secondary N) is 2. The van der Waals surface area contributed by atoms with Crippen molar-refractivity contribution in [3.8, 4) is 0 Å². The van der Waals surface area contributed by atoms with Gasteiger partial charge in [-0.2, -0.15) is 0 Å². The van der Waals surface area contributed by atoms with Crippen molar-refractivity contribution in [1.82, 2.24) is 10.6 Å². The van der Waals surface area contributed by atoms with Gasteiger partial charge in [0, 0.05) is 6.04 Å². The molecule has 1 amide bonds. The van der Waals surface area contributed by atoms with Crippen LogP contribution in [0.4, 0.5) is 0 Å². The van der Waals surface area contributed by atoms with Crippen molar-refractivity contribution in [3.05, 3.63) is 0 Å². The fourth-order valence-corrected chi connectivity index (χ4v) is 2.31. The summed E-state index contributed by atoms with van der Waals surface area (Å²) in [5, 5.41) is 6.40. The molecule has 0 atom stereocenters. The zero-order chi connectivity index (χ0) is 12.0. The standard InChI is InChI=1S/C13H26N2O/c1-4-14-13(2,3)12(16)15-11-9-7-5-6-8-10-11/h11,14H,4-10H2,1-3H3,(H,15,16). The number of hydrogen-bond donors (Lipinski definition) is 2. The summed E-state index contributed by atoms with van der Waals surface area (Å²) < 4.78 is 0. The monoisotopic (exact) mass is 226 g/mol. The van der Waals surface area contributed by atoms with Crippen molar-refractivity contribution in [2.45, 2.75) is 70.9 Å². The van der Waals surface area contributed by atoms with E-state index in [0.29, 0.717) is 6.04 Å². The third-order valence-corrected chi connectivity index (χ3v) is 3.38. The molecule has 3 nitrogen and oxygen atoms in total. The molecule has 0 aromatic heterocycles. The van der Waals surface area contributed by atoms with E-state index in [1.807, 2.05) is 20.8 Å². The number of rotatable bonds is 4. The summed E-state index contributed by atoms with van der Waals surface area (Å²) in [6, 6.07) is 0.396. The van der Waals surface area contributed by atoms with Crippen molar-refractivity contribution in [2.75, 3.05) is 6.54 Å². The topological polar surface area (TPSA) is 41.1 Å². The highest BCUT2D eigenvalue weighted by Crippen LogP contribution is 2.17. The Morgan fingerprint density at radius 3 is 2.25 bits per heavy atom. The van der Waals surface area contributed by atoms with Crippen molar-refractivity contribution < 1.29 is 4.79 Å². The molecule has 1 fully saturated rings. The summed E-state index contributed by atoms with van der Waals surface area (Å²) in [6.07, 6.45) is 7.45. The molecule has 1 rings (SSSR count). The Kier molecular flexibility index (Phi) is 5.26. The van der Waals surface area contributed by atoms with Crippen molar-refractivity contribution >= 4 is 5.91 Å². The van der Waals surface area contributed by atoms with Gasteiger partial charge < -0.3 is 10.6 Å². The Labute approximate surface area is 99.4 Å². The minimum Gasteiger partial charge on any atom is -0.352 e. The molecule has 0 heterocycles. The van der Waals surface area contributed by atoms with Crippen LogP contribution in [0.25, 0.3) is 0 Å². The molecule has 0 aromatic carbocycles. The van der Waals surface area contributed by atoms with Crippen LogP contribution < -0.4 is 10.6 Å². The van der Waals surface area contributed by atoms with Crippen LogP contribution in [0.3, 0.4) is 0 Å². The third-order valence-electron chi connectivity index (χ3n) is 3.38. The smallest absolute Gasteiger partial charge is 0.239 e. The van der Waals surface area contributed by atoms with Gasteiger partial charge in [0.25, 0.3) is 0 Å².